The van der Waals surface area contributed by atoms with Crippen LogP contribution < -0.4 is 15.2 Å². The second kappa shape index (κ2) is 7.82. The number of anilines is 1. The third-order valence-corrected chi connectivity index (χ3v) is 4.95. The summed E-state index contributed by atoms with van der Waals surface area (Å²) in [6, 6.07) is 9.84. The first-order chi connectivity index (χ1) is 13.7. The molecule has 28 heavy (non-hydrogen) atoms. The predicted molar refractivity (Wildman–Crippen MR) is 107 cm³/mol. The summed E-state index contributed by atoms with van der Waals surface area (Å²) < 4.78 is 10.8. The monoisotopic (exact) mass is 377 g/mol. The molecule has 0 atom stereocenters. The summed E-state index contributed by atoms with van der Waals surface area (Å²) in [4.78, 5) is 15.5. The van der Waals surface area contributed by atoms with Crippen molar-refractivity contribution in [2.45, 2.75) is 19.5 Å². The number of nitrogens with zero attached hydrogens (tertiary/aromatic N) is 4. The normalized spacial score (nSPS) is 13.8. The van der Waals surface area contributed by atoms with Gasteiger partial charge in [-0.1, -0.05) is 6.07 Å². The second-order valence-corrected chi connectivity index (χ2v) is 6.78. The van der Waals surface area contributed by atoms with Crippen molar-refractivity contribution in [3.8, 4) is 22.8 Å². The van der Waals surface area contributed by atoms with Gasteiger partial charge in [-0.05, 0) is 29.8 Å². The van der Waals surface area contributed by atoms with Gasteiger partial charge >= 0.3 is 0 Å². The van der Waals surface area contributed by atoms with Crippen molar-refractivity contribution in [1.82, 2.24) is 19.9 Å². The van der Waals surface area contributed by atoms with Gasteiger partial charge in [0.2, 0.25) is 5.95 Å². The van der Waals surface area contributed by atoms with E-state index in [-0.39, 0.29) is 0 Å². The first-order valence-electron chi connectivity index (χ1n) is 9.16. The number of hydrogen-bond donors (Lipinski definition) is 1. The molecule has 1 aliphatic rings. The lowest BCUT2D eigenvalue weighted by molar-refractivity contribution is 0.243. The average molecular weight is 377 g/mol. The zero-order valence-electron chi connectivity index (χ0n) is 16.1. The molecule has 0 unspecified atom stereocenters. The number of hydrogen-bond acceptors (Lipinski definition) is 7. The minimum atomic E-state index is 0.347. The molecular formula is C21H23N5O2. The summed E-state index contributed by atoms with van der Waals surface area (Å²) in [5, 5.41) is 0. The van der Waals surface area contributed by atoms with Gasteiger partial charge in [-0.25, -0.2) is 9.97 Å². The smallest absolute Gasteiger partial charge is 0.220 e. The molecule has 0 saturated heterocycles. The summed E-state index contributed by atoms with van der Waals surface area (Å²) in [5.74, 6) is 1.89. The Morgan fingerprint density at radius 1 is 1.07 bits per heavy atom. The number of benzene rings is 1. The summed E-state index contributed by atoms with van der Waals surface area (Å²) in [6.45, 7) is 2.59. The molecule has 7 nitrogen and oxygen atoms in total. The highest BCUT2D eigenvalue weighted by Crippen LogP contribution is 2.32. The average Bonchev–Trinajstić information content (AvgIpc) is 2.74. The quantitative estimate of drug-likeness (QED) is 0.731. The summed E-state index contributed by atoms with van der Waals surface area (Å²) in [7, 11) is 3.31. The fourth-order valence-corrected chi connectivity index (χ4v) is 3.47. The number of fused-ring (bicyclic) bond motifs is 1. The molecule has 7 heteroatoms. The van der Waals surface area contributed by atoms with Crippen LogP contribution in [0.3, 0.4) is 0 Å². The maximum Gasteiger partial charge on any atom is 0.220 e. The van der Waals surface area contributed by atoms with Crippen LogP contribution in [-0.2, 0) is 19.5 Å². The van der Waals surface area contributed by atoms with Crippen LogP contribution in [0.4, 0.5) is 5.95 Å². The third-order valence-electron chi connectivity index (χ3n) is 4.95. The molecule has 3 aromatic rings. The van der Waals surface area contributed by atoms with Crippen LogP contribution >= 0.6 is 0 Å². The lowest BCUT2D eigenvalue weighted by Gasteiger charge is -2.27. The maximum atomic E-state index is 5.68. The van der Waals surface area contributed by atoms with E-state index < -0.39 is 0 Å². The minimum absolute atomic E-state index is 0.347. The third kappa shape index (κ3) is 3.75. The molecule has 0 amide bonds. The molecule has 2 N–H and O–H groups in total. The molecule has 4 rings (SSSR count). The fraction of sp³-hybridized carbons (Fsp3) is 0.286. The summed E-state index contributed by atoms with van der Waals surface area (Å²) in [6.07, 6.45) is 4.64. The second-order valence-electron chi connectivity index (χ2n) is 6.78. The number of methoxy groups -OCH3 is 2. The van der Waals surface area contributed by atoms with E-state index in [1.807, 2.05) is 36.7 Å². The van der Waals surface area contributed by atoms with Crippen LogP contribution in [0.1, 0.15) is 16.8 Å². The number of ether oxygens (including phenoxy) is 2. The standard InChI is InChI=1S/C21H23N5O2/c1-27-16-4-6-20(28-2)17(9-16)19-5-3-14(10-23-19)12-26-8-7-18-15(13-26)11-24-21(22)25-18/h3-6,9-11H,7-8,12-13H2,1-2H3,(H2,22,24,25). The number of aromatic nitrogens is 3. The molecule has 1 aromatic carbocycles. The first kappa shape index (κ1) is 18.2. The van der Waals surface area contributed by atoms with Gasteiger partial charge < -0.3 is 15.2 Å². The molecule has 3 heterocycles. The Balaban J connectivity index is 1.49. The van der Waals surface area contributed by atoms with Gasteiger partial charge in [-0.2, -0.15) is 0 Å². The van der Waals surface area contributed by atoms with Crippen molar-refractivity contribution in [1.29, 1.82) is 0 Å². The number of nitrogens with two attached hydrogens (primary N) is 1. The van der Waals surface area contributed by atoms with Gasteiger partial charge in [0.05, 0.1) is 25.6 Å². The van der Waals surface area contributed by atoms with E-state index in [2.05, 4.69) is 25.9 Å². The zero-order valence-corrected chi connectivity index (χ0v) is 16.1. The highest BCUT2D eigenvalue weighted by molar-refractivity contribution is 5.69. The van der Waals surface area contributed by atoms with Crippen molar-refractivity contribution in [3.63, 3.8) is 0 Å². The molecular weight excluding hydrogens is 354 g/mol. The Morgan fingerprint density at radius 2 is 1.96 bits per heavy atom. The summed E-state index contributed by atoms with van der Waals surface area (Å²) in [5.41, 5.74) is 10.8. The van der Waals surface area contributed by atoms with Gasteiger partial charge in [0.1, 0.15) is 11.5 Å². The van der Waals surface area contributed by atoms with Crippen molar-refractivity contribution < 1.29 is 9.47 Å². The van der Waals surface area contributed by atoms with Gasteiger partial charge in [0.15, 0.2) is 0 Å². The molecule has 2 aromatic heterocycles. The first-order valence-corrected chi connectivity index (χ1v) is 9.16. The van der Waals surface area contributed by atoms with Crippen LogP contribution in [0.25, 0.3) is 11.3 Å². The highest BCUT2D eigenvalue weighted by atomic mass is 16.5. The van der Waals surface area contributed by atoms with Crippen molar-refractivity contribution in [2.75, 3.05) is 26.5 Å². The van der Waals surface area contributed by atoms with Crippen molar-refractivity contribution in [2.24, 2.45) is 0 Å². The fourth-order valence-electron chi connectivity index (χ4n) is 3.47. The molecule has 1 aliphatic heterocycles. The summed E-state index contributed by atoms with van der Waals surface area (Å²) >= 11 is 0. The maximum absolute atomic E-state index is 5.68. The number of nitrogen functional groups attached to an aromatic ring is 1. The van der Waals surface area contributed by atoms with Gasteiger partial charge in [-0.15, -0.1) is 0 Å². The van der Waals surface area contributed by atoms with Crippen molar-refractivity contribution >= 4 is 5.95 Å². The van der Waals surface area contributed by atoms with E-state index in [0.29, 0.717) is 5.95 Å². The largest absolute Gasteiger partial charge is 0.497 e. The van der Waals surface area contributed by atoms with E-state index >= 15 is 0 Å². The SMILES string of the molecule is COc1ccc(OC)c(-c2ccc(CN3CCc4nc(N)ncc4C3)cn2)c1. The van der Waals surface area contributed by atoms with E-state index in [1.165, 1.54) is 0 Å². The van der Waals surface area contributed by atoms with Crippen LogP contribution in [0.2, 0.25) is 0 Å². The Kier molecular flexibility index (Phi) is 5.08. The van der Waals surface area contributed by atoms with Crippen LogP contribution in [0, 0.1) is 0 Å². The Bertz CT molecular complexity index is 975. The molecule has 144 valence electrons. The van der Waals surface area contributed by atoms with E-state index in [9.17, 15) is 0 Å². The predicted octanol–water partition coefficient (Wildman–Crippen LogP) is 2.70. The topological polar surface area (TPSA) is 86.4 Å². The van der Waals surface area contributed by atoms with E-state index in [1.54, 1.807) is 14.2 Å². The molecule has 0 bridgehead atoms. The van der Waals surface area contributed by atoms with E-state index in [0.717, 1.165) is 65.6 Å². The Hall–Kier alpha value is -3.19. The van der Waals surface area contributed by atoms with Gasteiger partial charge in [0.25, 0.3) is 0 Å². The van der Waals surface area contributed by atoms with Crippen LogP contribution in [0.15, 0.2) is 42.7 Å². The van der Waals surface area contributed by atoms with Crippen molar-refractivity contribution in [3.05, 3.63) is 59.5 Å². The molecule has 0 saturated carbocycles. The van der Waals surface area contributed by atoms with Crippen LogP contribution in [0.5, 0.6) is 11.5 Å². The van der Waals surface area contributed by atoms with E-state index in [4.69, 9.17) is 15.2 Å². The molecule has 0 aliphatic carbocycles. The molecule has 0 radical (unpaired) electrons. The highest BCUT2D eigenvalue weighted by Gasteiger charge is 2.18. The Morgan fingerprint density at radius 3 is 2.71 bits per heavy atom. The van der Waals surface area contributed by atoms with Crippen LogP contribution in [-0.4, -0.2) is 40.6 Å². The number of pyridine rings is 1. The number of rotatable bonds is 5. The van der Waals surface area contributed by atoms with Gasteiger partial charge in [-0.3, -0.25) is 9.88 Å². The lowest BCUT2D eigenvalue weighted by atomic mass is 10.1. The minimum Gasteiger partial charge on any atom is -0.497 e. The molecule has 0 spiro atoms. The molecule has 0 fully saturated rings. The Labute approximate surface area is 164 Å². The van der Waals surface area contributed by atoms with Gasteiger partial charge in [0, 0.05) is 49.6 Å². The zero-order chi connectivity index (χ0) is 19.5. The lowest BCUT2D eigenvalue weighted by Crippen LogP contribution is -2.31.